The smallest absolute Gasteiger partial charge is 0.225 e. The van der Waals surface area contributed by atoms with Crippen LogP contribution in [0.4, 0.5) is 13.2 Å². The number of hydrogen-bond donors (Lipinski definition) is 0. The summed E-state index contributed by atoms with van der Waals surface area (Å²) < 4.78 is 38.9. The van der Waals surface area contributed by atoms with Crippen molar-refractivity contribution in [2.45, 2.75) is 0 Å². The molecule has 0 saturated heterocycles. The van der Waals surface area contributed by atoms with Crippen LogP contribution in [0.1, 0.15) is 0 Å². The second-order valence-electron chi connectivity index (χ2n) is 2.81. The fraction of sp³-hybridized carbons (Fsp3) is 0. The first-order valence-corrected chi connectivity index (χ1v) is 4.11. The molecule has 2 aromatic rings. The molecule has 0 aliphatic rings. The molecule has 76 valence electrons. The minimum absolute atomic E-state index is 0.158. The van der Waals surface area contributed by atoms with E-state index in [-0.39, 0.29) is 11.3 Å². The van der Waals surface area contributed by atoms with Crippen LogP contribution in [0.3, 0.4) is 0 Å². The van der Waals surface area contributed by atoms with Crippen molar-refractivity contribution in [2.75, 3.05) is 0 Å². The van der Waals surface area contributed by atoms with Crippen LogP contribution >= 0.6 is 0 Å². The van der Waals surface area contributed by atoms with Crippen LogP contribution in [0.15, 0.2) is 30.5 Å². The van der Waals surface area contributed by atoms with Gasteiger partial charge in [-0.2, -0.15) is 13.8 Å². The number of rotatable bonds is 1. The van der Waals surface area contributed by atoms with Gasteiger partial charge in [-0.05, 0) is 24.3 Å². The number of pyridine rings is 2. The van der Waals surface area contributed by atoms with Crippen LogP contribution in [0.2, 0.25) is 0 Å². The third-order valence-corrected chi connectivity index (χ3v) is 1.83. The van der Waals surface area contributed by atoms with E-state index in [2.05, 4.69) is 9.97 Å². The fourth-order valence-corrected chi connectivity index (χ4v) is 1.17. The van der Waals surface area contributed by atoms with Gasteiger partial charge in [0.05, 0.1) is 5.56 Å². The molecular weight excluding hydrogens is 205 g/mol. The molecule has 0 fully saturated rings. The molecule has 0 radical (unpaired) electrons. The lowest BCUT2D eigenvalue weighted by molar-refractivity contribution is 0.513. The van der Waals surface area contributed by atoms with Crippen molar-refractivity contribution in [2.24, 2.45) is 0 Å². The van der Waals surface area contributed by atoms with E-state index in [1.54, 1.807) is 0 Å². The highest BCUT2D eigenvalue weighted by atomic mass is 19.1. The van der Waals surface area contributed by atoms with Gasteiger partial charge in [-0.15, -0.1) is 0 Å². The predicted molar refractivity (Wildman–Crippen MR) is 47.3 cm³/mol. The Morgan fingerprint density at radius 1 is 1.00 bits per heavy atom. The molecule has 2 rings (SSSR count). The summed E-state index contributed by atoms with van der Waals surface area (Å²) in [5.41, 5.74) is -0.336. The highest BCUT2D eigenvalue weighted by molar-refractivity contribution is 5.58. The molecule has 0 aliphatic heterocycles. The van der Waals surface area contributed by atoms with Crippen LogP contribution in [0, 0.1) is 17.7 Å². The Morgan fingerprint density at radius 3 is 2.47 bits per heavy atom. The van der Waals surface area contributed by atoms with Crippen LogP contribution in [0.5, 0.6) is 0 Å². The summed E-state index contributed by atoms with van der Waals surface area (Å²) in [6, 6.07) is 4.58. The molecule has 0 bridgehead atoms. The third-order valence-electron chi connectivity index (χ3n) is 1.83. The van der Waals surface area contributed by atoms with Crippen LogP contribution < -0.4 is 0 Å². The lowest BCUT2D eigenvalue weighted by Crippen LogP contribution is -1.96. The van der Waals surface area contributed by atoms with E-state index in [9.17, 15) is 13.2 Å². The zero-order chi connectivity index (χ0) is 10.8. The Balaban J connectivity index is 2.60. The maximum atomic E-state index is 13.2. The van der Waals surface area contributed by atoms with Crippen molar-refractivity contribution >= 4 is 0 Å². The van der Waals surface area contributed by atoms with E-state index in [0.29, 0.717) is 0 Å². The van der Waals surface area contributed by atoms with Crippen LogP contribution in [-0.2, 0) is 0 Å². The quantitative estimate of drug-likeness (QED) is 0.676. The van der Waals surface area contributed by atoms with Crippen molar-refractivity contribution in [1.82, 2.24) is 9.97 Å². The fourth-order valence-electron chi connectivity index (χ4n) is 1.17. The molecule has 15 heavy (non-hydrogen) atoms. The van der Waals surface area contributed by atoms with Gasteiger partial charge in [-0.1, -0.05) is 0 Å². The van der Waals surface area contributed by atoms with Gasteiger partial charge in [0.1, 0.15) is 11.5 Å². The zero-order valence-electron chi connectivity index (χ0n) is 7.42. The normalized spacial score (nSPS) is 10.3. The van der Waals surface area contributed by atoms with Crippen molar-refractivity contribution in [3.8, 4) is 11.3 Å². The molecule has 0 aliphatic carbocycles. The molecule has 0 unspecified atom stereocenters. The maximum absolute atomic E-state index is 13.2. The van der Waals surface area contributed by atoms with Crippen molar-refractivity contribution in [3.63, 3.8) is 0 Å². The minimum atomic E-state index is -1.08. The average Bonchev–Trinajstić information content (AvgIpc) is 2.20. The van der Waals surface area contributed by atoms with E-state index in [4.69, 9.17) is 0 Å². The Bertz CT molecular complexity index is 500. The van der Waals surface area contributed by atoms with Gasteiger partial charge in [-0.25, -0.2) is 4.39 Å². The minimum Gasteiger partial charge on any atom is -0.253 e. The topological polar surface area (TPSA) is 25.8 Å². The van der Waals surface area contributed by atoms with E-state index in [1.807, 2.05) is 0 Å². The monoisotopic (exact) mass is 210 g/mol. The summed E-state index contributed by atoms with van der Waals surface area (Å²) in [6.07, 6.45) is 1.32. The second-order valence-corrected chi connectivity index (χ2v) is 2.81. The summed E-state index contributed by atoms with van der Waals surface area (Å²) in [5.74, 6) is -2.70. The lowest BCUT2D eigenvalue weighted by Gasteiger charge is -2.02. The number of nitrogens with zero attached hydrogens (tertiary/aromatic N) is 2. The summed E-state index contributed by atoms with van der Waals surface area (Å²) in [7, 11) is 0. The lowest BCUT2D eigenvalue weighted by atomic mass is 10.2. The first-order valence-electron chi connectivity index (χ1n) is 4.11. The highest BCUT2D eigenvalue weighted by Gasteiger charge is 2.12. The SMILES string of the molecule is Fc1ccc(-c2ncccc2F)c(F)n1. The molecule has 0 aromatic carbocycles. The molecule has 0 saturated carbocycles. The number of halogens is 3. The molecule has 0 amide bonds. The summed E-state index contributed by atoms with van der Waals surface area (Å²) >= 11 is 0. The first-order chi connectivity index (χ1) is 7.18. The molecule has 0 spiro atoms. The summed E-state index contributed by atoms with van der Waals surface area (Å²) in [5, 5.41) is 0. The van der Waals surface area contributed by atoms with Crippen molar-refractivity contribution < 1.29 is 13.2 Å². The molecule has 2 aromatic heterocycles. The maximum Gasteiger partial charge on any atom is 0.225 e. The van der Waals surface area contributed by atoms with E-state index in [1.165, 1.54) is 12.3 Å². The summed E-state index contributed by atoms with van der Waals surface area (Å²) in [6.45, 7) is 0. The Morgan fingerprint density at radius 2 is 1.80 bits per heavy atom. The Hall–Kier alpha value is -1.91. The molecule has 0 N–H and O–H groups in total. The Labute approximate surface area is 83.4 Å². The van der Waals surface area contributed by atoms with Gasteiger partial charge in [0.15, 0.2) is 0 Å². The van der Waals surface area contributed by atoms with Gasteiger partial charge in [-0.3, -0.25) is 4.98 Å². The molecular formula is C10H5F3N2. The molecule has 2 nitrogen and oxygen atoms in total. The summed E-state index contributed by atoms with van der Waals surface area (Å²) in [4.78, 5) is 6.61. The molecule has 0 atom stereocenters. The van der Waals surface area contributed by atoms with E-state index >= 15 is 0 Å². The van der Waals surface area contributed by atoms with E-state index < -0.39 is 17.7 Å². The van der Waals surface area contributed by atoms with Crippen molar-refractivity contribution in [1.29, 1.82) is 0 Å². The standard InChI is InChI=1S/C10H5F3N2/c11-7-2-1-5-14-9(7)6-3-4-8(12)15-10(6)13/h1-5H. The van der Waals surface area contributed by atoms with Crippen LogP contribution in [0.25, 0.3) is 11.3 Å². The Kier molecular flexibility index (Phi) is 2.37. The first kappa shape index (κ1) is 9.64. The van der Waals surface area contributed by atoms with E-state index in [0.717, 1.165) is 18.2 Å². The zero-order valence-corrected chi connectivity index (χ0v) is 7.42. The van der Waals surface area contributed by atoms with Crippen molar-refractivity contribution in [3.05, 3.63) is 48.2 Å². The van der Waals surface area contributed by atoms with Gasteiger partial charge in [0, 0.05) is 6.20 Å². The van der Waals surface area contributed by atoms with Crippen LogP contribution in [-0.4, -0.2) is 9.97 Å². The van der Waals surface area contributed by atoms with Gasteiger partial charge >= 0.3 is 0 Å². The van der Waals surface area contributed by atoms with Gasteiger partial charge in [0.2, 0.25) is 11.9 Å². The predicted octanol–water partition coefficient (Wildman–Crippen LogP) is 2.56. The molecule has 2 heterocycles. The third kappa shape index (κ3) is 1.81. The average molecular weight is 210 g/mol. The number of aromatic nitrogens is 2. The second kappa shape index (κ2) is 3.68. The highest BCUT2D eigenvalue weighted by Crippen LogP contribution is 2.21. The number of hydrogen-bond acceptors (Lipinski definition) is 2. The van der Waals surface area contributed by atoms with Gasteiger partial charge < -0.3 is 0 Å². The largest absolute Gasteiger partial charge is 0.253 e. The molecule has 5 heteroatoms. The van der Waals surface area contributed by atoms with Gasteiger partial charge in [0.25, 0.3) is 0 Å².